The zero-order valence-electron chi connectivity index (χ0n) is 18.8. The van der Waals surface area contributed by atoms with E-state index in [0.29, 0.717) is 17.1 Å². The second kappa shape index (κ2) is 9.25. The number of fused-ring (bicyclic) bond motifs is 1. The van der Waals surface area contributed by atoms with Gasteiger partial charge in [-0.05, 0) is 54.3 Å². The minimum absolute atomic E-state index is 0.179. The number of nitrogens with zero attached hydrogens (tertiary/aromatic N) is 2. The highest BCUT2D eigenvalue weighted by Crippen LogP contribution is 2.33. The van der Waals surface area contributed by atoms with E-state index in [4.69, 9.17) is 9.72 Å². The lowest BCUT2D eigenvalue weighted by molar-refractivity contribution is -0.184. The van der Waals surface area contributed by atoms with Gasteiger partial charge in [-0.25, -0.2) is 14.2 Å². The summed E-state index contributed by atoms with van der Waals surface area (Å²) in [6.07, 6.45) is 0.828. The summed E-state index contributed by atoms with van der Waals surface area (Å²) < 4.78 is 20.9. The molecule has 2 heterocycles. The van der Waals surface area contributed by atoms with E-state index in [1.165, 1.54) is 28.5 Å². The second-order valence-electron chi connectivity index (χ2n) is 8.69. The van der Waals surface area contributed by atoms with Crippen molar-refractivity contribution in [3.8, 4) is 10.6 Å². The first-order chi connectivity index (χ1) is 16.4. The number of carbonyl (C=O) groups excluding carboxylic acids is 1. The number of carbonyl (C=O) groups is 1. The zero-order valence-corrected chi connectivity index (χ0v) is 19.6. The number of hydrogen-bond acceptors (Lipinski definition) is 6. The van der Waals surface area contributed by atoms with Crippen LogP contribution in [0, 0.1) is 5.82 Å². The van der Waals surface area contributed by atoms with E-state index in [2.05, 4.69) is 30.3 Å². The molecule has 0 atom stereocenters. The van der Waals surface area contributed by atoms with Crippen LogP contribution in [0.4, 0.5) is 4.39 Å². The molecule has 7 heteroatoms. The monoisotopic (exact) mass is 476 g/mol. The number of benzene rings is 3. The van der Waals surface area contributed by atoms with Gasteiger partial charge in [0.15, 0.2) is 5.60 Å². The fraction of sp³-hybridized carbons (Fsp3) is 0.259. The van der Waals surface area contributed by atoms with Crippen molar-refractivity contribution in [3.05, 3.63) is 89.2 Å². The van der Waals surface area contributed by atoms with Crippen molar-refractivity contribution < 1.29 is 19.0 Å². The first-order valence-corrected chi connectivity index (χ1v) is 12.1. The van der Waals surface area contributed by atoms with Gasteiger partial charge in [0.05, 0.1) is 16.8 Å². The fourth-order valence-electron chi connectivity index (χ4n) is 4.32. The third-order valence-electron chi connectivity index (χ3n) is 6.00. The van der Waals surface area contributed by atoms with Crippen molar-refractivity contribution in [3.63, 3.8) is 0 Å². The maximum Gasteiger partial charge on any atom is 0.340 e. The number of ether oxygens (including phenoxy) is 1. The SMILES string of the molecule is CCOC(=O)C1(O)CN(Cc2ccc(-c3nc4cc(Cc5ccccc5)ccc4s3)c(F)c2)C1. The molecule has 174 valence electrons. The predicted octanol–water partition coefficient (Wildman–Crippen LogP) is 4.80. The van der Waals surface area contributed by atoms with Gasteiger partial charge in [-0.1, -0.05) is 42.5 Å². The van der Waals surface area contributed by atoms with Gasteiger partial charge in [-0.2, -0.15) is 0 Å². The minimum Gasteiger partial charge on any atom is -0.464 e. The minimum atomic E-state index is -1.46. The Morgan fingerprint density at radius 1 is 1.09 bits per heavy atom. The van der Waals surface area contributed by atoms with Crippen molar-refractivity contribution in [2.45, 2.75) is 25.5 Å². The number of halogens is 1. The summed E-state index contributed by atoms with van der Waals surface area (Å²) in [7, 11) is 0. The maximum atomic E-state index is 15.0. The van der Waals surface area contributed by atoms with E-state index in [-0.39, 0.29) is 25.5 Å². The number of likely N-dealkylation sites (tertiary alicyclic amines) is 1. The van der Waals surface area contributed by atoms with Crippen LogP contribution in [0.15, 0.2) is 66.7 Å². The Labute approximate surface area is 201 Å². The van der Waals surface area contributed by atoms with E-state index in [1.807, 2.05) is 29.2 Å². The van der Waals surface area contributed by atoms with Crippen LogP contribution in [0.5, 0.6) is 0 Å². The largest absolute Gasteiger partial charge is 0.464 e. The molecule has 5 rings (SSSR count). The first kappa shape index (κ1) is 22.7. The summed E-state index contributed by atoms with van der Waals surface area (Å²) >= 11 is 1.48. The van der Waals surface area contributed by atoms with E-state index < -0.39 is 11.6 Å². The van der Waals surface area contributed by atoms with Crippen LogP contribution in [0.1, 0.15) is 23.6 Å². The molecule has 1 N–H and O–H groups in total. The molecule has 34 heavy (non-hydrogen) atoms. The van der Waals surface area contributed by atoms with Gasteiger partial charge in [-0.3, -0.25) is 4.90 Å². The first-order valence-electron chi connectivity index (χ1n) is 11.3. The van der Waals surface area contributed by atoms with Crippen LogP contribution in [-0.4, -0.2) is 46.3 Å². The molecule has 5 nitrogen and oxygen atoms in total. The zero-order chi connectivity index (χ0) is 23.7. The molecule has 0 amide bonds. The molecule has 3 aromatic carbocycles. The lowest BCUT2D eigenvalue weighted by Crippen LogP contribution is -2.65. The summed E-state index contributed by atoms with van der Waals surface area (Å²) in [5.74, 6) is -0.933. The number of aromatic nitrogens is 1. The van der Waals surface area contributed by atoms with Gasteiger partial charge in [0.2, 0.25) is 0 Å². The molecule has 1 saturated heterocycles. The summed E-state index contributed by atoms with van der Waals surface area (Å²) in [5, 5.41) is 10.9. The van der Waals surface area contributed by atoms with Crippen LogP contribution >= 0.6 is 11.3 Å². The van der Waals surface area contributed by atoms with Crippen molar-refractivity contribution in [2.75, 3.05) is 19.7 Å². The maximum absolute atomic E-state index is 15.0. The summed E-state index contributed by atoms with van der Waals surface area (Å²) in [5.41, 5.74) is 3.07. The van der Waals surface area contributed by atoms with E-state index >= 15 is 4.39 Å². The highest BCUT2D eigenvalue weighted by atomic mass is 32.1. The number of thiazole rings is 1. The molecule has 0 bridgehead atoms. The predicted molar refractivity (Wildman–Crippen MR) is 131 cm³/mol. The third kappa shape index (κ3) is 4.59. The highest BCUT2D eigenvalue weighted by molar-refractivity contribution is 7.21. The molecule has 1 aliphatic heterocycles. The van der Waals surface area contributed by atoms with Gasteiger partial charge in [0.1, 0.15) is 10.8 Å². The highest BCUT2D eigenvalue weighted by Gasteiger charge is 2.48. The fourth-order valence-corrected chi connectivity index (χ4v) is 5.29. The average Bonchev–Trinajstić information content (AvgIpc) is 3.22. The number of aliphatic hydroxyl groups is 1. The lowest BCUT2D eigenvalue weighted by atomic mass is 9.93. The van der Waals surface area contributed by atoms with Crippen molar-refractivity contribution in [1.29, 1.82) is 0 Å². The van der Waals surface area contributed by atoms with Gasteiger partial charge in [0.25, 0.3) is 0 Å². The molecule has 0 spiro atoms. The third-order valence-corrected chi connectivity index (χ3v) is 7.07. The Morgan fingerprint density at radius 2 is 1.85 bits per heavy atom. The van der Waals surface area contributed by atoms with E-state index in [0.717, 1.165) is 22.2 Å². The number of hydrogen-bond donors (Lipinski definition) is 1. The molecule has 1 aromatic heterocycles. The molecule has 1 aliphatic rings. The summed E-state index contributed by atoms with van der Waals surface area (Å²) in [6.45, 7) is 2.74. The molecule has 0 saturated carbocycles. The van der Waals surface area contributed by atoms with E-state index in [1.54, 1.807) is 13.0 Å². The van der Waals surface area contributed by atoms with Crippen molar-refractivity contribution in [2.24, 2.45) is 0 Å². The van der Waals surface area contributed by atoms with Gasteiger partial charge in [0, 0.05) is 25.2 Å². The van der Waals surface area contributed by atoms with Crippen LogP contribution in [0.2, 0.25) is 0 Å². The molecule has 0 radical (unpaired) electrons. The van der Waals surface area contributed by atoms with Crippen molar-refractivity contribution in [1.82, 2.24) is 9.88 Å². The Bertz CT molecular complexity index is 1330. The standard InChI is InChI=1S/C27H25FN2O3S/c1-2-33-26(31)27(32)16-30(17-27)15-20-8-10-21(22(28)13-20)25-29-23-14-19(9-11-24(23)34-25)12-18-6-4-3-5-7-18/h3-11,13-14,32H,2,12,15-17H2,1H3. The summed E-state index contributed by atoms with van der Waals surface area (Å²) in [6, 6.07) is 21.6. The molecular weight excluding hydrogens is 451 g/mol. The number of β-amino-alcohol motifs (C(OH)–C–C–N with tert-alkyl or cyclic N) is 1. The molecule has 1 fully saturated rings. The molecular formula is C27H25FN2O3S. The molecule has 4 aromatic rings. The number of rotatable bonds is 7. The van der Waals surface area contributed by atoms with Crippen LogP contribution < -0.4 is 0 Å². The van der Waals surface area contributed by atoms with E-state index in [9.17, 15) is 9.90 Å². The second-order valence-corrected chi connectivity index (χ2v) is 9.73. The van der Waals surface area contributed by atoms with Crippen LogP contribution in [-0.2, 0) is 22.5 Å². The van der Waals surface area contributed by atoms with Gasteiger partial charge in [-0.15, -0.1) is 11.3 Å². The average molecular weight is 477 g/mol. The molecule has 0 aliphatic carbocycles. The Kier molecular flexibility index (Phi) is 6.16. The van der Waals surface area contributed by atoms with Gasteiger partial charge >= 0.3 is 5.97 Å². The smallest absolute Gasteiger partial charge is 0.340 e. The Morgan fingerprint density at radius 3 is 2.59 bits per heavy atom. The van der Waals surface area contributed by atoms with Crippen molar-refractivity contribution >= 4 is 27.5 Å². The topological polar surface area (TPSA) is 62.7 Å². The number of esters is 1. The Hall–Kier alpha value is -3.13. The van der Waals surface area contributed by atoms with Crippen LogP contribution in [0.3, 0.4) is 0 Å². The normalized spacial score (nSPS) is 15.3. The van der Waals surface area contributed by atoms with Gasteiger partial charge < -0.3 is 9.84 Å². The lowest BCUT2D eigenvalue weighted by Gasteiger charge is -2.44. The van der Waals surface area contributed by atoms with Crippen LogP contribution in [0.25, 0.3) is 20.8 Å². The molecule has 0 unspecified atom stereocenters. The quantitative estimate of drug-likeness (QED) is 0.388. The summed E-state index contributed by atoms with van der Waals surface area (Å²) in [4.78, 5) is 18.4. The Balaban J connectivity index is 1.29.